The third-order valence-corrected chi connectivity index (χ3v) is 5.67. The number of nitrogens with one attached hydrogen (secondary N) is 1. The van der Waals surface area contributed by atoms with Gasteiger partial charge < -0.3 is 15.0 Å². The number of ether oxygens (including phenoxy) is 1. The molecule has 0 unspecified atom stereocenters. The Morgan fingerprint density at radius 1 is 1.41 bits per heavy atom. The second-order valence-electron chi connectivity index (χ2n) is 6.93. The molecule has 1 fully saturated rings. The van der Waals surface area contributed by atoms with Crippen molar-refractivity contribution in [2.24, 2.45) is 5.41 Å². The smallest absolute Gasteiger partial charge is 0.317 e. The van der Waals surface area contributed by atoms with Gasteiger partial charge in [-0.15, -0.1) is 0 Å². The lowest BCUT2D eigenvalue weighted by atomic mass is 9.56. The summed E-state index contributed by atoms with van der Waals surface area (Å²) in [6, 6.07) is 3.94. The fourth-order valence-electron chi connectivity index (χ4n) is 3.02. The highest BCUT2D eigenvalue weighted by atomic mass is 16.5. The molecule has 0 aliphatic heterocycles. The van der Waals surface area contributed by atoms with E-state index in [0.717, 1.165) is 12.0 Å². The van der Waals surface area contributed by atoms with E-state index < -0.39 is 0 Å². The summed E-state index contributed by atoms with van der Waals surface area (Å²) in [5.41, 5.74) is 0.806. The van der Waals surface area contributed by atoms with Crippen molar-refractivity contribution >= 4 is 6.03 Å². The monoisotopic (exact) mass is 305 g/mol. The van der Waals surface area contributed by atoms with Gasteiger partial charge in [0.1, 0.15) is 0 Å². The lowest BCUT2D eigenvalue weighted by Crippen LogP contribution is -2.69. The first-order valence-electron chi connectivity index (χ1n) is 7.71. The molecule has 22 heavy (non-hydrogen) atoms. The van der Waals surface area contributed by atoms with Gasteiger partial charge in [-0.25, -0.2) is 4.79 Å². The highest BCUT2D eigenvalue weighted by Gasteiger charge is 2.58. The number of aromatic nitrogens is 1. The summed E-state index contributed by atoms with van der Waals surface area (Å²) >= 11 is 0. The van der Waals surface area contributed by atoms with Gasteiger partial charge >= 0.3 is 6.03 Å². The van der Waals surface area contributed by atoms with E-state index in [9.17, 15) is 4.79 Å². The number of carbonyl (C=O) groups is 1. The number of hydrogen-bond acceptors (Lipinski definition) is 3. The Bertz CT molecular complexity index is 532. The van der Waals surface area contributed by atoms with E-state index in [4.69, 9.17) is 4.74 Å². The number of pyridine rings is 1. The van der Waals surface area contributed by atoms with Crippen molar-refractivity contribution in [1.29, 1.82) is 0 Å². The second-order valence-corrected chi connectivity index (χ2v) is 6.93. The molecule has 1 aromatic rings. The SMILES string of the molecule is CO[C@]1(C)C[C@@H](NC(=O)N(C)[C@@H](C)c2ccncc2)C1(C)C. The molecular formula is C17H27N3O2. The number of carbonyl (C=O) groups excluding carboxylic acids is 1. The number of rotatable bonds is 4. The molecule has 1 saturated carbocycles. The Morgan fingerprint density at radius 2 is 2.00 bits per heavy atom. The Kier molecular flexibility index (Phi) is 4.47. The van der Waals surface area contributed by atoms with Crippen molar-refractivity contribution in [3.8, 4) is 0 Å². The second kappa shape index (κ2) is 5.88. The first-order chi connectivity index (χ1) is 10.2. The van der Waals surface area contributed by atoms with Crippen LogP contribution >= 0.6 is 0 Å². The van der Waals surface area contributed by atoms with Crippen LogP contribution < -0.4 is 5.32 Å². The molecule has 0 aromatic carbocycles. The van der Waals surface area contributed by atoms with E-state index in [1.54, 1.807) is 24.4 Å². The van der Waals surface area contributed by atoms with Gasteiger partial charge in [-0.1, -0.05) is 13.8 Å². The Hall–Kier alpha value is -1.62. The van der Waals surface area contributed by atoms with Crippen molar-refractivity contribution in [3.63, 3.8) is 0 Å². The van der Waals surface area contributed by atoms with Crippen LogP contribution in [0.1, 0.15) is 45.7 Å². The van der Waals surface area contributed by atoms with Crippen LogP contribution in [0.25, 0.3) is 0 Å². The first kappa shape index (κ1) is 16.7. The van der Waals surface area contributed by atoms with Crippen LogP contribution in [-0.4, -0.2) is 41.7 Å². The van der Waals surface area contributed by atoms with Gasteiger partial charge in [0, 0.05) is 38.0 Å². The van der Waals surface area contributed by atoms with Crippen molar-refractivity contribution in [1.82, 2.24) is 15.2 Å². The fourth-order valence-corrected chi connectivity index (χ4v) is 3.02. The summed E-state index contributed by atoms with van der Waals surface area (Å²) in [4.78, 5) is 18.3. The van der Waals surface area contributed by atoms with Crippen molar-refractivity contribution in [3.05, 3.63) is 30.1 Å². The summed E-state index contributed by atoms with van der Waals surface area (Å²) in [5.74, 6) is 0. The number of urea groups is 1. The number of hydrogen-bond donors (Lipinski definition) is 1. The Morgan fingerprint density at radius 3 is 2.50 bits per heavy atom. The molecule has 122 valence electrons. The van der Waals surface area contributed by atoms with Crippen LogP contribution in [0.4, 0.5) is 4.79 Å². The van der Waals surface area contributed by atoms with E-state index in [2.05, 4.69) is 31.1 Å². The van der Waals surface area contributed by atoms with Crippen LogP contribution in [0, 0.1) is 5.41 Å². The molecule has 0 bridgehead atoms. The molecular weight excluding hydrogens is 278 g/mol. The van der Waals surface area contributed by atoms with Crippen LogP contribution in [0.15, 0.2) is 24.5 Å². The van der Waals surface area contributed by atoms with E-state index in [1.165, 1.54) is 0 Å². The quantitative estimate of drug-likeness (QED) is 0.930. The predicted octanol–water partition coefficient (Wildman–Crippen LogP) is 2.99. The molecule has 1 aliphatic carbocycles. The van der Waals surface area contributed by atoms with Gasteiger partial charge in [-0.3, -0.25) is 4.98 Å². The first-order valence-corrected chi connectivity index (χ1v) is 7.71. The topological polar surface area (TPSA) is 54.5 Å². The number of methoxy groups -OCH3 is 1. The summed E-state index contributed by atoms with van der Waals surface area (Å²) < 4.78 is 5.61. The maximum atomic E-state index is 12.5. The number of nitrogens with zero attached hydrogens (tertiary/aromatic N) is 2. The maximum absolute atomic E-state index is 12.5. The molecule has 1 N–H and O–H groups in total. The van der Waals surface area contributed by atoms with Gasteiger partial charge in [0.15, 0.2) is 0 Å². The standard InChI is InChI=1S/C17H27N3O2/c1-12(13-7-9-18-10-8-13)20(5)15(21)19-14-11-17(4,22-6)16(14,2)3/h7-10,12,14H,11H2,1-6H3,(H,19,21)/t12-,14+,17+/m0/s1. The zero-order valence-electron chi connectivity index (χ0n) is 14.4. The minimum absolute atomic E-state index is 0.00000223. The highest BCUT2D eigenvalue weighted by Crippen LogP contribution is 2.51. The minimum atomic E-state index is -0.180. The van der Waals surface area contributed by atoms with Gasteiger partial charge in [-0.2, -0.15) is 0 Å². The van der Waals surface area contributed by atoms with E-state index in [0.29, 0.717) is 0 Å². The van der Waals surface area contributed by atoms with Gasteiger partial charge in [-0.05, 0) is 38.0 Å². The fraction of sp³-hybridized carbons (Fsp3) is 0.647. The average molecular weight is 305 g/mol. The lowest BCUT2D eigenvalue weighted by Gasteiger charge is -2.59. The van der Waals surface area contributed by atoms with Crippen molar-refractivity contribution in [2.75, 3.05) is 14.2 Å². The molecule has 0 spiro atoms. The molecule has 5 heteroatoms. The molecule has 2 amide bonds. The summed E-state index contributed by atoms with van der Waals surface area (Å²) in [6.07, 6.45) is 4.33. The van der Waals surface area contributed by atoms with Crippen LogP contribution in [-0.2, 0) is 4.74 Å². The predicted molar refractivity (Wildman–Crippen MR) is 86.5 cm³/mol. The highest BCUT2D eigenvalue weighted by molar-refractivity contribution is 5.75. The Balaban J connectivity index is 1.99. The molecule has 5 nitrogen and oxygen atoms in total. The third kappa shape index (κ3) is 2.70. The zero-order valence-corrected chi connectivity index (χ0v) is 14.4. The average Bonchev–Trinajstić information content (AvgIpc) is 2.53. The van der Waals surface area contributed by atoms with Crippen LogP contribution in [0.2, 0.25) is 0 Å². The molecule has 1 aliphatic rings. The largest absolute Gasteiger partial charge is 0.378 e. The molecule has 0 radical (unpaired) electrons. The number of amides is 2. The van der Waals surface area contributed by atoms with Gasteiger partial charge in [0.05, 0.1) is 11.6 Å². The lowest BCUT2D eigenvalue weighted by molar-refractivity contribution is -0.177. The van der Waals surface area contributed by atoms with E-state index in [-0.39, 0.29) is 29.1 Å². The molecule has 0 saturated heterocycles. The maximum Gasteiger partial charge on any atom is 0.317 e. The normalized spacial score (nSPS) is 27.6. The van der Waals surface area contributed by atoms with Crippen molar-refractivity contribution < 1.29 is 9.53 Å². The van der Waals surface area contributed by atoms with Gasteiger partial charge in [0.25, 0.3) is 0 Å². The minimum Gasteiger partial charge on any atom is -0.378 e. The van der Waals surface area contributed by atoms with Crippen LogP contribution in [0.5, 0.6) is 0 Å². The summed E-state index contributed by atoms with van der Waals surface area (Å²) in [7, 11) is 3.55. The summed E-state index contributed by atoms with van der Waals surface area (Å²) in [6.45, 7) is 8.38. The molecule has 3 atom stereocenters. The third-order valence-electron chi connectivity index (χ3n) is 5.67. The molecule has 1 heterocycles. The molecule has 1 aromatic heterocycles. The molecule has 2 rings (SSSR count). The van der Waals surface area contributed by atoms with Crippen LogP contribution in [0.3, 0.4) is 0 Å². The zero-order chi connectivity index (χ0) is 16.5. The van der Waals surface area contributed by atoms with Crippen molar-refractivity contribution in [2.45, 2.75) is 51.8 Å². The Labute approximate surface area is 133 Å². The summed E-state index contributed by atoms with van der Waals surface area (Å²) in [5, 5.41) is 3.14. The van der Waals surface area contributed by atoms with E-state index in [1.807, 2.05) is 26.1 Å². The van der Waals surface area contributed by atoms with Gasteiger partial charge in [0.2, 0.25) is 0 Å². The van der Waals surface area contributed by atoms with E-state index >= 15 is 0 Å².